The number of carbonyl (C=O) groups is 2. The molecule has 0 aromatic heterocycles. The number of hydrogen-bond donors (Lipinski definition) is 1. The van der Waals surface area contributed by atoms with Crippen molar-refractivity contribution in [1.29, 1.82) is 5.26 Å². The van der Waals surface area contributed by atoms with Gasteiger partial charge in [-0.15, -0.1) is 0 Å². The molecule has 0 spiro atoms. The third-order valence-corrected chi connectivity index (χ3v) is 4.00. The number of ether oxygens (including phenoxy) is 4. The van der Waals surface area contributed by atoms with Crippen molar-refractivity contribution in [3.8, 4) is 23.3 Å². The molecule has 0 unspecified atom stereocenters. The van der Waals surface area contributed by atoms with Crippen LogP contribution in [0, 0.1) is 11.3 Å². The molecular weight excluding hydrogens is 388 g/mol. The standard InChI is InChI=1S/C22H22N2O6/c1-27-18-13-20(29-3)19(28-2)12-16(18)6-9-22(26)30-14-21(25)24-17-7-4-15(5-8-17)10-11-23/h4-9,12-13H,10,14H2,1-3H3,(H,24,25)/b9-6+. The molecular formula is C22H22N2O6. The lowest BCUT2D eigenvalue weighted by Crippen LogP contribution is -2.20. The molecule has 2 aromatic carbocycles. The second-order valence-electron chi connectivity index (χ2n) is 5.97. The zero-order valence-electron chi connectivity index (χ0n) is 16.9. The number of nitrogens with one attached hydrogen (secondary N) is 1. The van der Waals surface area contributed by atoms with Gasteiger partial charge in [-0.05, 0) is 29.8 Å². The first kappa shape index (κ1) is 22.3. The summed E-state index contributed by atoms with van der Waals surface area (Å²) < 4.78 is 20.7. The molecule has 8 heteroatoms. The van der Waals surface area contributed by atoms with Gasteiger partial charge >= 0.3 is 5.97 Å². The van der Waals surface area contributed by atoms with Crippen LogP contribution in [-0.4, -0.2) is 39.8 Å². The number of nitrogens with zero attached hydrogens (tertiary/aromatic N) is 1. The number of rotatable bonds is 9. The number of hydrogen-bond acceptors (Lipinski definition) is 7. The fraction of sp³-hybridized carbons (Fsp3) is 0.227. The van der Waals surface area contributed by atoms with Crippen LogP contribution in [0.25, 0.3) is 6.08 Å². The first-order valence-electron chi connectivity index (χ1n) is 8.91. The summed E-state index contributed by atoms with van der Waals surface area (Å²) in [6.45, 7) is -0.438. The summed E-state index contributed by atoms with van der Waals surface area (Å²) >= 11 is 0. The fourth-order valence-electron chi connectivity index (χ4n) is 2.52. The summed E-state index contributed by atoms with van der Waals surface area (Å²) in [6.07, 6.45) is 2.98. The van der Waals surface area contributed by atoms with E-state index in [1.807, 2.05) is 6.07 Å². The van der Waals surface area contributed by atoms with E-state index in [0.29, 0.717) is 34.9 Å². The van der Waals surface area contributed by atoms with Crippen molar-refractivity contribution in [2.75, 3.05) is 33.3 Å². The summed E-state index contributed by atoms with van der Waals surface area (Å²) in [6, 6.07) is 12.2. The summed E-state index contributed by atoms with van der Waals surface area (Å²) in [4.78, 5) is 23.9. The van der Waals surface area contributed by atoms with Crippen molar-refractivity contribution in [1.82, 2.24) is 0 Å². The number of amides is 1. The maximum absolute atomic E-state index is 12.0. The maximum atomic E-state index is 12.0. The summed E-state index contributed by atoms with van der Waals surface area (Å²) in [5.41, 5.74) is 1.97. The monoisotopic (exact) mass is 410 g/mol. The molecule has 0 aliphatic carbocycles. The molecule has 0 atom stereocenters. The molecule has 2 aromatic rings. The van der Waals surface area contributed by atoms with Crippen LogP contribution in [0.3, 0.4) is 0 Å². The van der Waals surface area contributed by atoms with Crippen LogP contribution in [0.1, 0.15) is 11.1 Å². The van der Waals surface area contributed by atoms with Gasteiger partial charge in [0, 0.05) is 23.4 Å². The highest BCUT2D eigenvalue weighted by Gasteiger charge is 2.11. The average molecular weight is 410 g/mol. The Labute approximate surface area is 174 Å². The van der Waals surface area contributed by atoms with Crippen LogP contribution in [0.2, 0.25) is 0 Å². The highest BCUT2D eigenvalue weighted by molar-refractivity contribution is 5.94. The lowest BCUT2D eigenvalue weighted by molar-refractivity contribution is -0.142. The molecule has 8 nitrogen and oxygen atoms in total. The van der Waals surface area contributed by atoms with Crippen molar-refractivity contribution in [3.63, 3.8) is 0 Å². The predicted octanol–water partition coefficient (Wildman–Crippen LogP) is 2.97. The Hall–Kier alpha value is -3.99. The van der Waals surface area contributed by atoms with Crippen LogP contribution in [0.4, 0.5) is 5.69 Å². The Morgan fingerprint density at radius 2 is 1.63 bits per heavy atom. The zero-order valence-corrected chi connectivity index (χ0v) is 16.9. The molecule has 0 bridgehead atoms. The van der Waals surface area contributed by atoms with E-state index in [4.69, 9.17) is 24.2 Å². The van der Waals surface area contributed by atoms with E-state index >= 15 is 0 Å². The molecule has 0 aliphatic heterocycles. The quantitative estimate of drug-likeness (QED) is 0.500. The minimum atomic E-state index is -0.689. The van der Waals surface area contributed by atoms with E-state index in [-0.39, 0.29) is 0 Å². The van der Waals surface area contributed by atoms with Crippen LogP contribution >= 0.6 is 0 Å². The average Bonchev–Trinajstić information content (AvgIpc) is 2.77. The van der Waals surface area contributed by atoms with Gasteiger partial charge in [0.05, 0.1) is 33.8 Å². The Bertz CT molecular complexity index is 961. The zero-order chi connectivity index (χ0) is 21.9. The normalized spacial score (nSPS) is 10.2. The first-order valence-corrected chi connectivity index (χ1v) is 8.91. The molecule has 30 heavy (non-hydrogen) atoms. The minimum Gasteiger partial charge on any atom is -0.496 e. The van der Waals surface area contributed by atoms with Gasteiger partial charge in [0.25, 0.3) is 5.91 Å². The minimum absolute atomic E-state index is 0.295. The van der Waals surface area contributed by atoms with Gasteiger partial charge < -0.3 is 24.3 Å². The van der Waals surface area contributed by atoms with E-state index in [2.05, 4.69) is 5.32 Å². The number of methoxy groups -OCH3 is 3. The second kappa shape index (κ2) is 11.1. The molecule has 0 heterocycles. The van der Waals surface area contributed by atoms with Gasteiger partial charge in [-0.1, -0.05) is 12.1 Å². The van der Waals surface area contributed by atoms with Crippen molar-refractivity contribution in [2.45, 2.75) is 6.42 Å². The number of carbonyl (C=O) groups excluding carboxylic acids is 2. The third kappa shape index (κ3) is 6.27. The molecule has 0 fully saturated rings. The molecule has 0 saturated heterocycles. The lowest BCUT2D eigenvalue weighted by Gasteiger charge is -2.12. The highest BCUT2D eigenvalue weighted by atomic mass is 16.5. The van der Waals surface area contributed by atoms with Crippen molar-refractivity contribution < 1.29 is 28.5 Å². The molecule has 0 saturated carbocycles. The van der Waals surface area contributed by atoms with E-state index in [1.165, 1.54) is 33.5 Å². The van der Waals surface area contributed by atoms with Crippen LogP contribution in [-0.2, 0) is 20.7 Å². The number of benzene rings is 2. The molecule has 0 radical (unpaired) electrons. The van der Waals surface area contributed by atoms with E-state index in [0.717, 1.165) is 5.56 Å². The van der Waals surface area contributed by atoms with Crippen LogP contribution in [0.15, 0.2) is 42.5 Å². The molecule has 1 N–H and O–H groups in total. The van der Waals surface area contributed by atoms with Gasteiger partial charge in [0.2, 0.25) is 0 Å². The third-order valence-electron chi connectivity index (χ3n) is 4.00. The topological polar surface area (TPSA) is 107 Å². The number of nitriles is 1. The highest BCUT2D eigenvalue weighted by Crippen LogP contribution is 2.35. The van der Waals surface area contributed by atoms with Gasteiger partial charge in [0.15, 0.2) is 18.1 Å². The second-order valence-corrected chi connectivity index (χ2v) is 5.97. The first-order chi connectivity index (χ1) is 14.5. The number of esters is 1. The van der Waals surface area contributed by atoms with Crippen LogP contribution < -0.4 is 19.5 Å². The molecule has 1 amide bonds. The molecule has 156 valence electrons. The Kier molecular flexibility index (Phi) is 8.27. The van der Waals surface area contributed by atoms with Crippen molar-refractivity contribution in [2.24, 2.45) is 0 Å². The van der Waals surface area contributed by atoms with Crippen LogP contribution in [0.5, 0.6) is 17.2 Å². The Morgan fingerprint density at radius 1 is 1.00 bits per heavy atom. The van der Waals surface area contributed by atoms with E-state index in [9.17, 15) is 9.59 Å². The van der Waals surface area contributed by atoms with Gasteiger partial charge in [0.1, 0.15) is 5.75 Å². The largest absolute Gasteiger partial charge is 0.496 e. The van der Waals surface area contributed by atoms with Crippen molar-refractivity contribution >= 4 is 23.6 Å². The molecule has 0 aliphatic rings. The fourth-order valence-corrected chi connectivity index (χ4v) is 2.52. The SMILES string of the molecule is COc1cc(OC)c(OC)cc1/C=C/C(=O)OCC(=O)Nc1ccc(CC#N)cc1. The summed E-state index contributed by atoms with van der Waals surface area (Å²) in [7, 11) is 4.51. The maximum Gasteiger partial charge on any atom is 0.331 e. The van der Waals surface area contributed by atoms with E-state index in [1.54, 1.807) is 36.4 Å². The van der Waals surface area contributed by atoms with Crippen molar-refractivity contribution in [3.05, 3.63) is 53.6 Å². The van der Waals surface area contributed by atoms with E-state index < -0.39 is 18.5 Å². The number of anilines is 1. The van der Waals surface area contributed by atoms with Gasteiger partial charge in [-0.3, -0.25) is 4.79 Å². The summed E-state index contributed by atoms with van der Waals surface area (Å²) in [5.74, 6) is 0.284. The predicted molar refractivity (Wildman–Crippen MR) is 110 cm³/mol. The summed E-state index contributed by atoms with van der Waals surface area (Å²) in [5, 5.41) is 11.3. The van der Waals surface area contributed by atoms with Gasteiger partial charge in [-0.2, -0.15) is 5.26 Å². The smallest absolute Gasteiger partial charge is 0.331 e. The van der Waals surface area contributed by atoms with Gasteiger partial charge in [-0.25, -0.2) is 4.79 Å². The molecule has 2 rings (SSSR count). The lowest BCUT2D eigenvalue weighted by atomic mass is 10.1. The Balaban J connectivity index is 1.93. The Morgan fingerprint density at radius 3 is 2.23 bits per heavy atom.